The van der Waals surface area contributed by atoms with Crippen LogP contribution in [0.4, 0.5) is 0 Å². The van der Waals surface area contributed by atoms with Crippen LogP contribution in [0.25, 0.3) is 0 Å². The number of piperidine rings is 1. The number of amides is 1. The van der Waals surface area contributed by atoms with Crippen molar-refractivity contribution in [1.29, 1.82) is 0 Å². The van der Waals surface area contributed by atoms with E-state index in [1.54, 1.807) is 6.08 Å². The maximum Gasteiger partial charge on any atom is 0.254 e. The van der Waals surface area contributed by atoms with Gasteiger partial charge in [-0.3, -0.25) is 4.79 Å². The highest BCUT2D eigenvalue weighted by molar-refractivity contribution is 5.87. The minimum Gasteiger partial charge on any atom is -0.339 e. The first-order chi connectivity index (χ1) is 14.8. The number of nitrogens with zero attached hydrogens (tertiary/aromatic N) is 1. The number of rotatable bonds is 5. The van der Waals surface area contributed by atoms with Gasteiger partial charge in [0.2, 0.25) is 0 Å². The lowest BCUT2D eigenvalue weighted by molar-refractivity contribution is -0.126. The Balaban J connectivity index is 1.84. The summed E-state index contributed by atoms with van der Waals surface area (Å²) in [6.45, 7) is 1.69. The molecule has 0 radical (unpaired) electrons. The van der Waals surface area contributed by atoms with Crippen LogP contribution in [-0.2, 0) is 10.2 Å². The predicted molar refractivity (Wildman–Crippen MR) is 122 cm³/mol. The van der Waals surface area contributed by atoms with E-state index >= 15 is 0 Å². The van der Waals surface area contributed by atoms with Gasteiger partial charge >= 0.3 is 0 Å². The van der Waals surface area contributed by atoms with Crippen LogP contribution in [0.1, 0.15) is 36.0 Å². The van der Waals surface area contributed by atoms with Gasteiger partial charge in [0.25, 0.3) is 5.91 Å². The maximum atomic E-state index is 12.7. The Morgan fingerprint density at radius 3 is 1.57 bits per heavy atom. The van der Waals surface area contributed by atoms with Crippen molar-refractivity contribution in [2.75, 3.05) is 13.1 Å². The molecule has 30 heavy (non-hydrogen) atoms. The zero-order valence-corrected chi connectivity index (χ0v) is 17.2. The molecule has 1 heterocycles. The van der Waals surface area contributed by atoms with Crippen molar-refractivity contribution in [2.45, 2.75) is 24.7 Å². The van der Waals surface area contributed by atoms with Crippen molar-refractivity contribution in [3.8, 4) is 0 Å². The summed E-state index contributed by atoms with van der Waals surface area (Å²) >= 11 is 0. The first-order valence-corrected chi connectivity index (χ1v) is 10.7. The van der Waals surface area contributed by atoms with Gasteiger partial charge in [-0.05, 0) is 42.0 Å². The summed E-state index contributed by atoms with van der Waals surface area (Å²) in [7, 11) is 0. The molecule has 0 saturated carbocycles. The molecule has 1 aliphatic rings. The topological polar surface area (TPSA) is 20.3 Å². The van der Waals surface area contributed by atoms with Gasteiger partial charge in [-0.2, -0.15) is 0 Å². The number of benzene rings is 3. The smallest absolute Gasteiger partial charge is 0.254 e. The van der Waals surface area contributed by atoms with Crippen LogP contribution in [0, 0.1) is 0 Å². The Morgan fingerprint density at radius 1 is 0.700 bits per heavy atom. The molecular formula is C28H27NO. The molecule has 0 aromatic heterocycles. The molecular weight excluding hydrogens is 366 g/mol. The Labute approximate surface area is 179 Å². The molecule has 0 spiro atoms. The second-order valence-corrected chi connectivity index (χ2v) is 7.75. The first kappa shape index (κ1) is 19.9. The summed E-state index contributed by atoms with van der Waals surface area (Å²) in [6, 6.07) is 31.3. The summed E-state index contributed by atoms with van der Waals surface area (Å²) in [6.07, 6.45) is 7.04. The molecule has 3 aromatic rings. The summed E-state index contributed by atoms with van der Waals surface area (Å²) in [5.41, 5.74) is 6.19. The molecule has 150 valence electrons. The lowest BCUT2D eigenvalue weighted by Crippen LogP contribution is -2.34. The highest BCUT2D eigenvalue weighted by atomic mass is 16.2. The van der Waals surface area contributed by atoms with Gasteiger partial charge in [-0.15, -0.1) is 5.73 Å². The zero-order valence-electron chi connectivity index (χ0n) is 17.2. The molecule has 1 amide bonds. The van der Waals surface area contributed by atoms with E-state index in [0.29, 0.717) is 0 Å². The fourth-order valence-corrected chi connectivity index (χ4v) is 4.30. The third-order valence-electron chi connectivity index (χ3n) is 5.86. The van der Waals surface area contributed by atoms with Gasteiger partial charge < -0.3 is 4.90 Å². The Hall–Kier alpha value is -3.35. The number of carbonyl (C=O) groups excluding carboxylic acids is 1. The Bertz CT molecular complexity index is 915. The summed E-state index contributed by atoms with van der Waals surface area (Å²) in [5, 5.41) is 0. The molecule has 1 fully saturated rings. The first-order valence-electron chi connectivity index (χ1n) is 10.7. The third kappa shape index (κ3) is 4.15. The summed E-state index contributed by atoms with van der Waals surface area (Å²) in [4.78, 5) is 14.6. The summed E-state index contributed by atoms with van der Waals surface area (Å²) < 4.78 is 0. The van der Waals surface area contributed by atoms with Gasteiger partial charge in [0, 0.05) is 19.2 Å². The SMILES string of the molecule is O=C(C=C=CC(c1ccccc1)(c1ccccc1)c1ccccc1)N1CCCCC1. The van der Waals surface area contributed by atoms with Gasteiger partial charge in [0.05, 0.1) is 5.41 Å². The Kier molecular flexibility index (Phi) is 6.27. The van der Waals surface area contributed by atoms with Crippen LogP contribution in [0.2, 0.25) is 0 Å². The fraction of sp³-hybridized carbons (Fsp3) is 0.214. The van der Waals surface area contributed by atoms with E-state index in [1.165, 1.54) is 6.42 Å². The van der Waals surface area contributed by atoms with Crippen LogP contribution in [0.3, 0.4) is 0 Å². The van der Waals surface area contributed by atoms with Crippen molar-refractivity contribution in [3.63, 3.8) is 0 Å². The predicted octanol–water partition coefficient (Wildman–Crippen LogP) is 5.74. The van der Waals surface area contributed by atoms with Crippen molar-refractivity contribution < 1.29 is 4.79 Å². The van der Waals surface area contributed by atoms with Gasteiger partial charge in [-0.25, -0.2) is 0 Å². The number of hydrogen-bond acceptors (Lipinski definition) is 1. The lowest BCUT2D eigenvalue weighted by atomic mass is 9.69. The third-order valence-corrected chi connectivity index (χ3v) is 5.86. The molecule has 0 atom stereocenters. The molecule has 0 N–H and O–H groups in total. The minimum absolute atomic E-state index is 0.0500. The van der Waals surface area contributed by atoms with Crippen molar-refractivity contribution >= 4 is 5.91 Å². The van der Waals surface area contributed by atoms with Crippen molar-refractivity contribution in [1.82, 2.24) is 4.90 Å². The van der Waals surface area contributed by atoms with Crippen molar-refractivity contribution in [3.05, 3.63) is 126 Å². The van der Waals surface area contributed by atoms with Gasteiger partial charge in [-0.1, -0.05) is 91.0 Å². The summed E-state index contributed by atoms with van der Waals surface area (Å²) in [5.74, 6) is 0.0500. The highest BCUT2D eigenvalue weighted by Crippen LogP contribution is 2.40. The molecule has 0 bridgehead atoms. The molecule has 4 rings (SSSR count). The van der Waals surface area contributed by atoms with Crippen LogP contribution < -0.4 is 0 Å². The second kappa shape index (κ2) is 9.43. The normalized spacial score (nSPS) is 13.9. The minimum atomic E-state index is -0.525. The average molecular weight is 394 g/mol. The molecule has 0 unspecified atom stereocenters. The number of carbonyl (C=O) groups is 1. The van der Waals surface area contributed by atoms with E-state index in [1.807, 2.05) is 23.1 Å². The fourth-order valence-electron chi connectivity index (χ4n) is 4.30. The largest absolute Gasteiger partial charge is 0.339 e. The van der Waals surface area contributed by atoms with E-state index in [0.717, 1.165) is 42.6 Å². The monoisotopic (exact) mass is 393 g/mol. The van der Waals surface area contributed by atoms with Crippen molar-refractivity contribution in [2.24, 2.45) is 0 Å². The Morgan fingerprint density at radius 2 is 1.13 bits per heavy atom. The maximum absolute atomic E-state index is 12.7. The second-order valence-electron chi connectivity index (χ2n) is 7.75. The van der Waals surface area contributed by atoms with E-state index in [4.69, 9.17) is 0 Å². The van der Waals surface area contributed by atoms with E-state index in [2.05, 4.69) is 84.6 Å². The van der Waals surface area contributed by atoms with Crippen LogP contribution in [0.15, 0.2) is 109 Å². The van der Waals surface area contributed by atoms with E-state index in [-0.39, 0.29) is 5.91 Å². The van der Waals surface area contributed by atoms with E-state index in [9.17, 15) is 4.79 Å². The van der Waals surface area contributed by atoms with E-state index < -0.39 is 5.41 Å². The molecule has 1 saturated heterocycles. The molecule has 0 aliphatic carbocycles. The zero-order chi connectivity index (χ0) is 20.7. The number of likely N-dealkylation sites (tertiary alicyclic amines) is 1. The van der Waals surface area contributed by atoms with Gasteiger partial charge in [0.15, 0.2) is 0 Å². The molecule has 3 aromatic carbocycles. The quantitative estimate of drug-likeness (QED) is 0.307. The lowest BCUT2D eigenvalue weighted by Gasteiger charge is -2.32. The molecule has 2 heteroatoms. The highest BCUT2D eigenvalue weighted by Gasteiger charge is 2.33. The number of hydrogen-bond donors (Lipinski definition) is 0. The molecule has 2 nitrogen and oxygen atoms in total. The standard InChI is InChI=1S/C28H27NO/c30-27(29-22-11-4-12-23-29)20-13-21-28(24-14-5-1-6-15-24,25-16-7-2-8-17-25)26-18-9-3-10-19-26/h1-3,5-10,14-21H,4,11-12,22-23H2. The molecule has 1 aliphatic heterocycles. The van der Waals surface area contributed by atoms with Crippen LogP contribution >= 0.6 is 0 Å². The van der Waals surface area contributed by atoms with Crippen LogP contribution in [0.5, 0.6) is 0 Å². The van der Waals surface area contributed by atoms with Crippen LogP contribution in [-0.4, -0.2) is 23.9 Å². The average Bonchev–Trinajstić information content (AvgIpc) is 2.84. The van der Waals surface area contributed by atoms with Gasteiger partial charge in [0.1, 0.15) is 0 Å².